The van der Waals surface area contributed by atoms with E-state index in [1.54, 1.807) is 7.11 Å². The predicted octanol–water partition coefficient (Wildman–Crippen LogP) is 2.11. The van der Waals surface area contributed by atoms with Gasteiger partial charge in [-0.3, -0.25) is 14.2 Å². The lowest BCUT2D eigenvalue weighted by Crippen LogP contribution is -2.40. The number of Topliss-reactive ketones (excluding diaryl/α,β-unsaturated/α-hetero) is 1. The summed E-state index contributed by atoms with van der Waals surface area (Å²) in [6.45, 7) is 1.04. The van der Waals surface area contributed by atoms with Crippen molar-refractivity contribution < 1.29 is 29.0 Å². The third-order valence-corrected chi connectivity index (χ3v) is 6.53. The largest absolute Gasteiger partial charge is 0.480 e. The van der Waals surface area contributed by atoms with E-state index >= 15 is 0 Å². The lowest BCUT2D eigenvalue weighted by atomic mass is 10.0. The van der Waals surface area contributed by atoms with Crippen molar-refractivity contribution in [1.82, 2.24) is 24.8 Å². The number of ether oxygens (including phenoxy) is 2. The molecule has 230 valence electrons. The number of anilines is 1. The number of nitrogens with two attached hydrogens (primary N) is 1. The summed E-state index contributed by atoms with van der Waals surface area (Å²) >= 11 is 0. The molecule has 1 unspecified atom stereocenters. The van der Waals surface area contributed by atoms with Gasteiger partial charge in [-0.2, -0.15) is 9.97 Å². The van der Waals surface area contributed by atoms with Crippen LogP contribution >= 0.6 is 0 Å². The number of rotatable bonds is 19. The number of nitrogens with zero attached hydrogens (tertiary/aromatic N) is 6. The minimum absolute atomic E-state index is 0.00121. The summed E-state index contributed by atoms with van der Waals surface area (Å²) in [5.74, 6) is -1.69. The Balaban J connectivity index is 1.49. The second-order valence-corrected chi connectivity index (χ2v) is 9.71. The smallest absolute Gasteiger partial charge is 0.328 e. The first-order valence-corrected chi connectivity index (χ1v) is 13.7. The van der Waals surface area contributed by atoms with E-state index in [4.69, 9.17) is 20.7 Å². The van der Waals surface area contributed by atoms with Crippen molar-refractivity contribution in [3.05, 3.63) is 56.3 Å². The molecule has 5 N–H and O–H groups in total. The van der Waals surface area contributed by atoms with Crippen LogP contribution in [0.3, 0.4) is 0 Å². The number of H-pyrrole nitrogens is 1. The quantitative estimate of drug-likeness (QED) is 0.0678. The third kappa shape index (κ3) is 10.1. The number of hydrogen-bond acceptors (Lipinski definition) is 10. The van der Waals surface area contributed by atoms with Gasteiger partial charge in [-0.05, 0) is 35.9 Å². The lowest BCUT2D eigenvalue weighted by molar-refractivity contribution is -0.142. The van der Waals surface area contributed by atoms with Crippen molar-refractivity contribution in [2.75, 3.05) is 32.6 Å². The summed E-state index contributed by atoms with van der Waals surface area (Å²) in [4.78, 5) is 62.3. The maximum Gasteiger partial charge on any atom is 0.328 e. The molecule has 43 heavy (non-hydrogen) atoms. The highest BCUT2D eigenvalue weighted by Crippen LogP contribution is 2.19. The minimum Gasteiger partial charge on any atom is -0.480 e. The molecule has 0 spiro atoms. The zero-order valence-corrected chi connectivity index (χ0v) is 23.8. The second-order valence-electron chi connectivity index (χ2n) is 9.71. The fourth-order valence-electron chi connectivity index (χ4n) is 4.21. The number of nitrogen functional groups attached to an aromatic ring is 1. The Labute approximate surface area is 246 Å². The van der Waals surface area contributed by atoms with Crippen molar-refractivity contribution in [2.24, 2.45) is 5.11 Å². The Morgan fingerprint density at radius 1 is 1.14 bits per heavy atom. The number of imidazole rings is 1. The van der Waals surface area contributed by atoms with Crippen LogP contribution in [0.25, 0.3) is 21.6 Å². The molecule has 1 aromatic carbocycles. The Hall–Kier alpha value is -4.95. The number of fused-ring (bicyclic) bond motifs is 1. The Kier molecular flexibility index (Phi) is 12.5. The molecule has 0 saturated carbocycles. The highest BCUT2D eigenvalue weighted by atomic mass is 16.5. The van der Waals surface area contributed by atoms with Crippen molar-refractivity contribution in [2.45, 2.75) is 57.5 Å². The molecule has 2 heterocycles. The number of carboxylic acids is 1. The third-order valence-electron chi connectivity index (χ3n) is 6.53. The molecule has 1 atom stereocenters. The number of aromatic nitrogens is 4. The van der Waals surface area contributed by atoms with Crippen molar-refractivity contribution in [3.8, 4) is 6.01 Å². The molecule has 0 aliphatic carbocycles. The first-order chi connectivity index (χ1) is 20.7. The highest BCUT2D eigenvalue weighted by molar-refractivity contribution is 5.87. The molecule has 3 rings (SSSR count). The zero-order valence-electron chi connectivity index (χ0n) is 23.8. The molecular weight excluding hydrogens is 562 g/mol. The molecule has 0 aliphatic heterocycles. The number of aryl methyl sites for hydroxylation is 1. The van der Waals surface area contributed by atoms with Gasteiger partial charge in [0.05, 0.1) is 13.2 Å². The van der Waals surface area contributed by atoms with Crippen molar-refractivity contribution in [1.29, 1.82) is 0 Å². The van der Waals surface area contributed by atoms with E-state index in [0.717, 1.165) is 11.1 Å². The monoisotopic (exact) mass is 597 g/mol. The van der Waals surface area contributed by atoms with Gasteiger partial charge in [0.2, 0.25) is 5.91 Å². The van der Waals surface area contributed by atoms with Crippen molar-refractivity contribution in [3.63, 3.8) is 0 Å². The number of hydrogen-bond donors (Lipinski definition) is 4. The van der Waals surface area contributed by atoms with Crippen LogP contribution in [0.2, 0.25) is 0 Å². The van der Waals surface area contributed by atoms with Crippen LogP contribution < -0.4 is 21.5 Å². The topological polar surface area (TPSA) is 240 Å². The van der Waals surface area contributed by atoms with E-state index in [9.17, 15) is 24.3 Å². The number of azide groups is 1. The molecule has 3 aromatic rings. The van der Waals surface area contributed by atoms with Crippen LogP contribution in [-0.4, -0.2) is 75.2 Å². The number of aliphatic carboxylic acids is 1. The Bertz CT molecular complexity index is 1510. The van der Waals surface area contributed by atoms with Gasteiger partial charge >= 0.3 is 17.7 Å². The van der Waals surface area contributed by atoms with E-state index in [0.29, 0.717) is 37.0 Å². The average Bonchev–Trinajstić information content (AvgIpc) is 3.30. The summed E-state index contributed by atoms with van der Waals surface area (Å²) in [5, 5.41) is 15.2. The summed E-state index contributed by atoms with van der Waals surface area (Å²) in [6, 6.07) is 6.38. The highest BCUT2D eigenvalue weighted by Gasteiger charge is 2.20. The number of nitrogens with one attached hydrogen (secondary N) is 2. The molecule has 16 heteroatoms. The molecule has 0 bridgehead atoms. The zero-order chi connectivity index (χ0) is 31.2. The first-order valence-electron chi connectivity index (χ1n) is 13.7. The SMILES string of the molecule is COCCOc1nc(N)c2[nH]c(=O)n(Cc3ccc(CCC(=O)CCC(=O)NC(CCCCN=[N+]=[N-])C(=O)O)cc3)c2n1. The van der Waals surface area contributed by atoms with E-state index in [1.165, 1.54) is 4.57 Å². The second kappa shape index (κ2) is 16.5. The fraction of sp³-hybridized carbons (Fsp3) is 0.481. The number of carbonyl (C=O) groups is 3. The minimum atomic E-state index is -1.16. The normalized spacial score (nSPS) is 11.6. The average molecular weight is 598 g/mol. The van der Waals surface area contributed by atoms with Crippen LogP contribution in [0.1, 0.15) is 49.7 Å². The Morgan fingerprint density at radius 2 is 1.88 bits per heavy atom. The number of carbonyl (C=O) groups excluding carboxylic acids is 2. The van der Waals surface area contributed by atoms with Gasteiger partial charge in [-0.15, -0.1) is 0 Å². The number of amides is 1. The molecule has 0 aliphatic rings. The maximum atomic E-state index is 12.6. The van der Waals surface area contributed by atoms with Crippen LogP contribution in [0.4, 0.5) is 5.82 Å². The van der Waals surface area contributed by atoms with Crippen molar-refractivity contribution >= 4 is 34.6 Å². The van der Waals surface area contributed by atoms with Gasteiger partial charge in [-0.25, -0.2) is 9.59 Å². The lowest BCUT2D eigenvalue weighted by Gasteiger charge is -2.14. The Morgan fingerprint density at radius 3 is 2.58 bits per heavy atom. The van der Waals surface area contributed by atoms with Crippen LogP contribution in [-0.2, 0) is 32.1 Å². The van der Waals surface area contributed by atoms with E-state index in [-0.39, 0.29) is 63.0 Å². The fourth-order valence-corrected chi connectivity index (χ4v) is 4.21. The molecule has 0 fully saturated rings. The summed E-state index contributed by atoms with van der Waals surface area (Å²) < 4.78 is 11.8. The number of unbranched alkanes of at least 4 members (excludes halogenated alkanes) is 1. The molecule has 0 radical (unpaired) electrons. The van der Waals surface area contributed by atoms with Gasteiger partial charge in [0.15, 0.2) is 11.5 Å². The van der Waals surface area contributed by atoms with Crippen LogP contribution in [0.15, 0.2) is 34.2 Å². The number of methoxy groups -OCH3 is 1. The van der Waals surface area contributed by atoms with E-state index in [2.05, 4.69) is 30.3 Å². The maximum absolute atomic E-state index is 12.6. The molecule has 16 nitrogen and oxygen atoms in total. The molecule has 2 aromatic heterocycles. The standard InChI is InChI=1S/C27H35N9O7/c1-42-14-15-43-26-33-23(28)22-24(34-26)36(27(41)32-22)16-18-7-5-17(6-8-18)9-10-19(37)11-12-21(38)31-20(25(39)40)4-2-3-13-30-35-29/h5-8,20H,2-4,9-16H2,1H3,(H,31,38)(H,32,41)(H,39,40)(H2,28,33,34). The number of benzene rings is 1. The molecular formula is C27H35N9O7. The van der Waals surface area contributed by atoms with Crippen LogP contribution in [0.5, 0.6) is 6.01 Å². The molecule has 1 amide bonds. The number of ketones is 1. The summed E-state index contributed by atoms with van der Waals surface area (Å²) in [5.41, 5.74) is 16.2. The van der Waals surface area contributed by atoms with E-state index in [1.807, 2.05) is 24.3 Å². The summed E-state index contributed by atoms with van der Waals surface area (Å²) in [7, 11) is 1.54. The van der Waals surface area contributed by atoms with E-state index < -0.39 is 23.6 Å². The number of aromatic amines is 1. The number of carboxylic acid groups (broad SMARTS) is 1. The van der Waals surface area contributed by atoms with Gasteiger partial charge < -0.3 is 30.6 Å². The van der Waals surface area contributed by atoms with Gasteiger partial charge in [-0.1, -0.05) is 35.8 Å². The summed E-state index contributed by atoms with van der Waals surface area (Å²) in [6.07, 6.45) is 1.76. The van der Waals surface area contributed by atoms with Gasteiger partial charge in [0.25, 0.3) is 0 Å². The predicted molar refractivity (Wildman–Crippen MR) is 155 cm³/mol. The van der Waals surface area contributed by atoms with Crippen LogP contribution in [0, 0.1) is 0 Å². The molecule has 0 saturated heterocycles. The first kappa shape index (κ1) is 32.6. The van der Waals surface area contributed by atoms with Gasteiger partial charge in [0, 0.05) is 37.8 Å². The van der Waals surface area contributed by atoms with Gasteiger partial charge in [0.1, 0.15) is 23.9 Å².